The molecule has 0 bridgehead atoms. The molecule has 10 heteroatoms. The highest BCUT2D eigenvalue weighted by Gasteiger charge is 2.27. The zero-order chi connectivity index (χ0) is 20.1. The summed E-state index contributed by atoms with van der Waals surface area (Å²) >= 11 is 1.18. The third-order valence-electron chi connectivity index (χ3n) is 4.61. The Kier molecular flexibility index (Phi) is 4.54. The third kappa shape index (κ3) is 3.69. The van der Waals surface area contributed by atoms with E-state index < -0.39 is 21.8 Å². The van der Waals surface area contributed by atoms with Gasteiger partial charge in [0.2, 0.25) is 0 Å². The van der Waals surface area contributed by atoms with Crippen molar-refractivity contribution in [2.24, 2.45) is 0 Å². The van der Waals surface area contributed by atoms with Crippen LogP contribution >= 0.6 is 11.3 Å². The van der Waals surface area contributed by atoms with Crippen LogP contribution in [0, 0.1) is 0 Å². The minimum Gasteiger partial charge on any atom is -0.300 e. The van der Waals surface area contributed by atoms with Crippen molar-refractivity contribution in [3.8, 4) is 0 Å². The highest BCUT2D eigenvalue weighted by molar-refractivity contribution is 7.90. The number of hydrogen-bond acceptors (Lipinski definition) is 7. The van der Waals surface area contributed by atoms with Crippen LogP contribution in [-0.4, -0.2) is 35.3 Å². The minimum atomic E-state index is -3.32. The minimum absolute atomic E-state index is 0.197. The Balaban J connectivity index is 1.58. The fourth-order valence-corrected chi connectivity index (χ4v) is 4.45. The maximum atomic E-state index is 12.6. The van der Waals surface area contributed by atoms with Gasteiger partial charge < -0.3 is 5.32 Å². The summed E-state index contributed by atoms with van der Waals surface area (Å²) in [6.07, 6.45) is 3.24. The average Bonchev–Trinajstić information content (AvgIpc) is 3.40. The highest BCUT2D eigenvalue weighted by Crippen LogP contribution is 2.38. The number of nitrogens with one attached hydrogen (secondary N) is 1. The first-order chi connectivity index (χ1) is 13.2. The molecule has 2 aromatic heterocycles. The molecule has 146 valence electrons. The zero-order valence-corrected chi connectivity index (χ0v) is 16.9. The summed E-state index contributed by atoms with van der Waals surface area (Å²) in [7, 11) is -3.32. The summed E-state index contributed by atoms with van der Waals surface area (Å²) in [6.45, 7) is 1.61. The van der Waals surface area contributed by atoms with Gasteiger partial charge >= 0.3 is 0 Å². The summed E-state index contributed by atoms with van der Waals surface area (Å²) in [5.41, 5.74) is 1.08. The molecule has 3 aromatic rings. The van der Waals surface area contributed by atoms with Crippen molar-refractivity contribution in [3.05, 3.63) is 46.4 Å². The van der Waals surface area contributed by atoms with E-state index in [1.54, 1.807) is 19.1 Å². The van der Waals surface area contributed by atoms with E-state index >= 15 is 0 Å². The summed E-state index contributed by atoms with van der Waals surface area (Å²) < 4.78 is 25.2. The molecule has 4 rings (SSSR count). The summed E-state index contributed by atoms with van der Waals surface area (Å²) in [6, 6.07) is 6.98. The molecule has 0 radical (unpaired) electrons. The van der Waals surface area contributed by atoms with Gasteiger partial charge in [-0.3, -0.25) is 9.59 Å². The van der Waals surface area contributed by atoms with Crippen LogP contribution in [-0.2, 0) is 14.6 Å². The van der Waals surface area contributed by atoms with E-state index in [-0.39, 0.29) is 10.5 Å². The molecular formula is C18H18N4O4S2. The van der Waals surface area contributed by atoms with E-state index in [0.717, 1.165) is 24.8 Å². The molecule has 1 unspecified atom stereocenters. The van der Waals surface area contributed by atoms with Gasteiger partial charge in [0, 0.05) is 18.2 Å². The van der Waals surface area contributed by atoms with Gasteiger partial charge in [0.1, 0.15) is 6.04 Å². The standard InChI is InChI=1S/C18H18N4O4S2/c1-10(22-16(23)8-7-13(21-22)11-3-4-11)17(24)20-18-19-14-6-5-12(28(2,25)26)9-15(14)27-18/h5-11H,3-4H2,1-2H3,(H,19,20,24). The molecule has 1 atom stereocenters. The Morgan fingerprint density at radius 3 is 2.71 bits per heavy atom. The average molecular weight is 419 g/mol. The van der Waals surface area contributed by atoms with Gasteiger partial charge in [-0.25, -0.2) is 18.1 Å². The Morgan fingerprint density at radius 2 is 2.04 bits per heavy atom. The van der Waals surface area contributed by atoms with Crippen LogP contribution in [0.25, 0.3) is 10.2 Å². The van der Waals surface area contributed by atoms with E-state index in [1.807, 2.05) is 0 Å². The van der Waals surface area contributed by atoms with Gasteiger partial charge in [0.25, 0.3) is 11.5 Å². The molecule has 1 amide bonds. The number of thiazole rings is 1. The summed E-state index contributed by atoms with van der Waals surface area (Å²) in [5.74, 6) is -0.0413. The number of sulfone groups is 1. The van der Waals surface area contributed by atoms with Crippen molar-refractivity contribution in [1.82, 2.24) is 14.8 Å². The maximum Gasteiger partial charge on any atom is 0.267 e. The van der Waals surface area contributed by atoms with Gasteiger partial charge in [-0.1, -0.05) is 11.3 Å². The largest absolute Gasteiger partial charge is 0.300 e. The fraction of sp³-hybridized carbons (Fsp3) is 0.333. The number of benzene rings is 1. The Labute approximate surface area is 165 Å². The van der Waals surface area contributed by atoms with Crippen LogP contribution in [0.2, 0.25) is 0 Å². The highest BCUT2D eigenvalue weighted by atomic mass is 32.2. The Hall–Kier alpha value is -2.59. The first kappa shape index (κ1) is 18.8. The number of anilines is 1. The van der Waals surface area contributed by atoms with E-state index in [4.69, 9.17) is 0 Å². The number of hydrogen-bond donors (Lipinski definition) is 1. The second kappa shape index (κ2) is 6.78. The number of amides is 1. The maximum absolute atomic E-state index is 12.6. The lowest BCUT2D eigenvalue weighted by molar-refractivity contribution is -0.119. The molecule has 1 fully saturated rings. The zero-order valence-electron chi connectivity index (χ0n) is 15.2. The molecule has 0 aliphatic heterocycles. The number of aromatic nitrogens is 3. The van der Waals surface area contributed by atoms with Gasteiger partial charge in [-0.05, 0) is 44.0 Å². The van der Waals surface area contributed by atoms with Gasteiger partial charge in [0.15, 0.2) is 15.0 Å². The van der Waals surface area contributed by atoms with E-state index in [9.17, 15) is 18.0 Å². The number of fused-ring (bicyclic) bond motifs is 1. The molecule has 1 aliphatic carbocycles. The quantitative estimate of drug-likeness (QED) is 0.681. The first-order valence-corrected chi connectivity index (χ1v) is 11.4. The number of rotatable bonds is 5. The predicted octanol–water partition coefficient (Wildman–Crippen LogP) is 2.33. The van der Waals surface area contributed by atoms with Crippen LogP contribution in [0.1, 0.15) is 37.4 Å². The van der Waals surface area contributed by atoms with Gasteiger partial charge in [-0.2, -0.15) is 5.10 Å². The fourth-order valence-electron chi connectivity index (χ4n) is 2.82. The van der Waals surface area contributed by atoms with Crippen molar-refractivity contribution in [1.29, 1.82) is 0 Å². The second-order valence-corrected chi connectivity index (χ2v) is 9.95. The smallest absolute Gasteiger partial charge is 0.267 e. The number of carbonyl (C=O) groups is 1. The molecule has 28 heavy (non-hydrogen) atoms. The van der Waals surface area contributed by atoms with E-state index in [1.165, 1.54) is 34.2 Å². The Bertz CT molecular complexity index is 1240. The molecular weight excluding hydrogens is 400 g/mol. The molecule has 8 nitrogen and oxygen atoms in total. The monoisotopic (exact) mass is 418 g/mol. The summed E-state index contributed by atoms with van der Waals surface area (Å²) in [5, 5.41) is 7.37. The van der Waals surface area contributed by atoms with Crippen molar-refractivity contribution < 1.29 is 13.2 Å². The number of nitrogens with zero attached hydrogens (tertiary/aromatic N) is 3. The molecule has 1 aromatic carbocycles. The molecule has 0 spiro atoms. The van der Waals surface area contributed by atoms with Crippen LogP contribution in [0.15, 0.2) is 40.0 Å². The second-order valence-electron chi connectivity index (χ2n) is 6.90. The van der Waals surface area contributed by atoms with Gasteiger partial charge in [0.05, 0.1) is 20.8 Å². The molecule has 0 saturated heterocycles. The van der Waals surface area contributed by atoms with Crippen LogP contribution in [0.5, 0.6) is 0 Å². The van der Waals surface area contributed by atoms with Crippen molar-refractivity contribution >= 4 is 42.4 Å². The lowest BCUT2D eigenvalue weighted by Crippen LogP contribution is -2.33. The predicted molar refractivity (Wildman–Crippen MR) is 107 cm³/mol. The molecule has 2 heterocycles. The molecule has 1 saturated carbocycles. The molecule has 1 N–H and O–H groups in total. The Morgan fingerprint density at radius 1 is 1.29 bits per heavy atom. The summed E-state index contributed by atoms with van der Waals surface area (Å²) in [4.78, 5) is 29.3. The normalized spacial score (nSPS) is 15.5. The topological polar surface area (TPSA) is 111 Å². The van der Waals surface area contributed by atoms with Crippen molar-refractivity contribution in [2.45, 2.75) is 36.6 Å². The van der Waals surface area contributed by atoms with E-state index in [2.05, 4.69) is 15.4 Å². The van der Waals surface area contributed by atoms with Gasteiger partial charge in [-0.15, -0.1) is 0 Å². The van der Waals surface area contributed by atoms with Crippen LogP contribution in [0.3, 0.4) is 0 Å². The van der Waals surface area contributed by atoms with Crippen molar-refractivity contribution in [2.75, 3.05) is 11.6 Å². The first-order valence-electron chi connectivity index (χ1n) is 8.73. The van der Waals surface area contributed by atoms with Crippen LogP contribution < -0.4 is 10.9 Å². The van der Waals surface area contributed by atoms with Crippen LogP contribution in [0.4, 0.5) is 5.13 Å². The number of carbonyl (C=O) groups excluding carboxylic acids is 1. The lowest BCUT2D eigenvalue weighted by atomic mass is 10.2. The van der Waals surface area contributed by atoms with E-state index in [0.29, 0.717) is 21.3 Å². The SMILES string of the molecule is CC(C(=O)Nc1nc2ccc(S(C)(=O)=O)cc2s1)n1nc(C2CC2)ccc1=O. The molecule has 1 aliphatic rings. The van der Waals surface area contributed by atoms with Crippen molar-refractivity contribution in [3.63, 3.8) is 0 Å². The third-order valence-corrected chi connectivity index (χ3v) is 6.65. The lowest BCUT2D eigenvalue weighted by Gasteiger charge is -2.13.